The highest BCUT2D eigenvalue weighted by Gasteiger charge is 2.10. The van der Waals surface area contributed by atoms with Crippen LogP contribution < -0.4 is 0 Å². The largest absolute Gasteiger partial charge is 0.249 e. The van der Waals surface area contributed by atoms with E-state index in [-0.39, 0.29) is 0 Å². The van der Waals surface area contributed by atoms with Gasteiger partial charge < -0.3 is 0 Å². The molecular formula is C12H14ClN3S2. The fourth-order valence-corrected chi connectivity index (χ4v) is 3.19. The topological polar surface area (TPSA) is 38.7 Å². The number of thiazole rings is 1. The van der Waals surface area contributed by atoms with Crippen molar-refractivity contribution in [1.29, 1.82) is 0 Å². The van der Waals surface area contributed by atoms with Crippen molar-refractivity contribution in [3.8, 4) is 10.6 Å². The molecule has 0 unspecified atom stereocenters. The third kappa shape index (κ3) is 3.43. The lowest BCUT2D eigenvalue weighted by atomic mass is 10.1. The highest BCUT2D eigenvalue weighted by Crippen LogP contribution is 2.28. The second-order valence-corrected chi connectivity index (χ2v) is 6.55. The van der Waals surface area contributed by atoms with Crippen LogP contribution in [0.3, 0.4) is 0 Å². The van der Waals surface area contributed by atoms with E-state index < -0.39 is 0 Å². The summed E-state index contributed by atoms with van der Waals surface area (Å²) in [6.45, 7) is 4.38. The van der Waals surface area contributed by atoms with Crippen LogP contribution in [0.2, 0.25) is 5.15 Å². The van der Waals surface area contributed by atoms with Gasteiger partial charge >= 0.3 is 0 Å². The fourth-order valence-electron chi connectivity index (χ4n) is 1.49. The maximum absolute atomic E-state index is 5.99. The molecule has 0 amide bonds. The molecule has 0 bridgehead atoms. The van der Waals surface area contributed by atoms with Gasteiger partial charge in [-0.15, -0.1) is 11.3 Å². The average Bonchev–Trinajstić information content (AvgIpc) is 2.75. The Balaban J connectivity index is 2.30. The Kier molecular flexibility index (Phi) is 4.59. The Morgan fingerprint density at radius 3 is 2.83 bits per heavy atom. The summed E-state index contributed by atoms with van der Waals surface area (Å²) in [7, 11) is 0. The minimum Gasteiger partial charge on any atom is -0.249 e. The molecule has 0 N–H and O–H groups in total. The number of nitrogens with zero attached hydrogens (tertiary/aromatic N) is 3. The highest BCUT2D eigenvalue weighted by molar-refractivity contribution is 7.98. The summed E-state index contributed by atoms with van der Waals surface area (Å²) >= 11 is 9.15. The van der Waals surface area contributed by atoms with Gasteiger partial charge in [0.1, 0.15) is 5.15 Å². The first-order chi connectivity index (χ1) is 8.58. The number of halogens is 1. The summed E-state index contributed by atoms with van der Waals surface area (Å²) in [5.74, 6) is 0.611. The number of hydrogen-bond acceptors (Lipinski definition) is 5. The van der Waals surface area contributed by atoms with Crippen molar-refractivity contribution in [3.05, 3.63) is 22.4 Å². The third-order valence-electron chi connectivity index (χ3n) is 2.25. The van der Waals surface area contributed by atoms with Crippen LogP contribution in [0.1, 0.15) is 18.9 Å². The van der Waals surface area contributed by atoms with Gasteiger partial charge in [-0.25, -0.2) is 15.0 Å². The van der Waals surface area contributed by atoms with E-state index in [1.165, 1.54) is 11.8 Å². The first kappa shape index (κ1) is 13.8. The fraction of sp³-hybridized carbons (Fsp3) is 0.417. The molecule has 0 saturated heterocycles. The van der Waals surface area contributed by atoms with E-state index in [9.17, 15) is 0 Å². The van der Waals surface area contributed by atoms with Gasteiger partial charge in [0.25, 0.3) is 0 Å². The number of rotatable bonds is 4. The average molecular weight is 300 g/mol. The van der Waals surface area contributed by atoms with Gasteiger partial charge in [-0.05, 0) is 12.2 Å². The van der Waals surface area contributed by atoms with E-state index in [1.807, 2.05) is 12.5 Å². The van der Waals surface area contributed by atoms with Crippen molar-refractivity contribution in [2.75, 3.05) is 6.26 Å². The molecule has 18 heavy (non-hydrogen) atoms. The van der Waals surface area contributed by atoms with Crippen LogP contribution in [0, 0.1) is 5.92 Å². The zero-order valence-corrected chi connectivity index (χ0v) is 12.9. The van der Waals surface area contributed by atoms with E-state index >= 15 is 0 Å². The van der Waals surface area contributed by atoms with Crippen molar-refractivity contribution in [3.63, 3.8) is 0 Å². The predicted octanol–water partition coefficient (Wildman–Crippen LogP) is 4.17. The molecule has 0 aliphatic heterocycles. The predicted molar refractivity (Wildman–Crippen MR) is 78.5 cm³/mol. The molecule has 0 spiro atoms. The molecular weight excluding hydrogens is 286 g/mol. The monoisotopic (exact) mass is 299 g/mol. The van der Waals surface area contributed by atoms with Gasteiger partial charge in [-0.1, -0.05) is 37.2 Å². The lowest BCUT2D eigenvalue weighted by molar-refractivity contribution is 0.644. The number of thioether (sulfide) groups is 1. The Morgan fingerprint density at radius 1 is 1.39 bits per heavy atom. The Hall–Kier alpha value is -0.650. The van der Waals surface area contributed by atoms with Crippen LogP contribution in [-0.4, -0.2) is 21.2 Å². The minimum atomic E-state index is 0.475. The second kappa shape index (κ2) is 5.99. The Bertz CT molecular complexity index is 540. The molecule has 0 aromatic carbocycles. The summed E-state index contributed by atoms with van der Waals surface area (Å²) < 4.78 is 0. The normalized spacial score (nSPS) is 11.2. The van der Waals surface area contributed by atoms with E-state index in [1.54, 1.807) is 17.4 Å². The molecule has 3 nitrogen and oxygen atoms in total. The van der Waals surface area contributed by atoms with Crippen LogP contribution in [0.5, 0.6) is 0 Å². The highest BCUT2D eigenvalue weighted by atomic mass is 35.5. The lowest BCUT2D eigenvalue weighted by Crippen LogP contribution is -1.91. The summed E-state index contributed by atoms with van der Waals surface area (Å²) in [6.07, 6.45) is 4.80. The Labute approximate surface area is 120 Å². The molecule has 96 valence electrons. The van der Waals surface area contributed by atoms with E-state index in [0.717, 1.165) is 22.0 Å². The second-order valence-electron chi connectivity index (χ2n) is 4.28. The molecule has 0 saturated carbocycles. The van der Waals surface area contributed by atoms with Crippen molar-refractivity contribution in [2.24, 2.45) is 5.92 Å². The van der Waals surface area contributed by atoms with E-state index in [0.29, 0.717) is 16.2 Å². The molecule has 0 radical (unpaired) electrons. The van der Waals surface area contributed by atoms with E-state index in [2.05, 4.69) is 28.8 Å². The van der Waals surface area contributed by atoms with Gasteiger partial charge in [0.2, 0.25) is 0 Å². The SMILES string of the molecule is CSc1nc(Cl)cc(-c2cnc(CC(C)C)s2)n1. The van der Waals surface area contributed by atoms with E-state index in [4.69, 9.17) is 11.6 Å². The van der Waals surface area contributed by atoms with Crippen LogP contribution in [0.25, 0.3) is 10.6 Å². The first-order valence-electron chi connectivity index (χ1n) is 5.62. The summed E-state index contributed by atoms with van der Waals surface area (Å²) in [5, 5.41) is 2.31. The third-order valence-corrected chi connectivity index (χ3v) is 4.03. The molecule has 0 atom stereocenters. The zero-order chi connectivity index (χ0) is 13.1. The van der Waals surface area contributed by atoms with Crippen LogP contribution in [-0.2, 0) is 6.42 Å². The van der Waals surface area contributed by atoms with Gasteiger partial charge in [0, 0.05) is 18.7 Å². The van der Waals surface area contributed by atoms with Crippen molar-refractivity contribution < 1.29 is 0 Å². The summed E-state index contributed by atoms with van der Waals surface area (Å²) in [5.41, 5.74) is 0.854. The lowest BCUT2D eigenvalue weighted by Gasteiger charge is -2.00. The Morgan fingerprint density at radius 2 is 2.17 bits per heavy atom. The molecule has 0 aliphatic carbocycles. The number of aromatic nitrogens is 3. The molecule has 0 fully saturated rings. The van der Waals surface area contributed by atoms with Crippen LogP contribution in [0.4, 0.5) is 0 Å². The van der Waals surface area contributed by atoms with Crippen LogP contribution in [0.15, 0.2) is 17.4 Å². The zero-order valence-electron chi connectivity index (χ0n) is 10.5. The van der Waals surface area contributed by atoms with Gasteiger partial charge in [0.15, 0.2) is 5.16 Å². The summed E-state index contributed by atoms with van der Waals surface area (Å²) in [6, 6.07) is 1.79. The van der Waals surface area contributed by atoms with Gasteiger partial charge in [-0.3, -0.25) is 0 Å². The molecule has 0 aliphatic rings. The molecule has 2 aromatic rings. The van der Waals surface area contributed by atoms with Crippen molar-refractivity contribution in [1.82, 2.24) is 15.0 Å². The van der Waals surface area contributed by atoms with Crippen molar-refractivity contribution in [2.45, 2.75) is 25.4 Å². The number of hydrogen-bond donors (Lipinski definition) is 0. The smallest absolute Gasteiger partial charge is 0.189 e. The van der Waals surface area contributed by atoms with Gasteiger partial charge in [0.05, 0.1) is 15.6 Å². The minimum absolute atomic E-state index is 0.475. The molecule has 6 heteroatoms. The molecule has 2 rings (SSSR count). The maximum Gasteiger partial charge on any atom is 0.189 e. The summed E-state index contributed by atoms with van der Waals surface area (Å²) in [4.78, 5) is 14.1. The van der Waals surface area contributed by atoms with Crippen LogP contribution >= 0.6 is 34.7 Å². The maximum atomic E-state index is 5.99. The van der Waals surface area contributed by atoms with Gasteiger partial charge in [-0.2, -0.15) is 0 Å². The molecule has 2 aromatic heterocycles. The standard InChI is InChI=1S/C12H14ClN3S2/c1-7(2)4-11-14-6-9(18-11)8-5-10(13)16-12(15-8)17-3/h5-7H,4H2,1-3H3. The molecule has 2 heterocycles. The van der Waals surface area contributed by atoms with Crippen molar-refractivity contribution >= 4 is 34.7 Å². The first-order valence-corrected chi connectivity index (χ1v) is 8.04. The quantitative estimate of drug-likeness (QED) is 0.482.